The summed E-state index contributed by atoms with van der Waals surface area (Å²) in [4.78, 5) is 26.8. The van der Waals surface area contributed by atoms with Gasteiger partial charge in [0.25, 0.3) is 15.9 Å². The van der Waals surface area contributed by atoms with E-state index in [0.29, 0.717) is 28.6 Å². The number of carbonyl (C=O) groups is 1. The van der Waals surface area contributed by atoms with Gasteiger partial charge < -0.3 is 15.2 Å². The van der Waals surface area contributed by atoms with Gasteiger partial charge in [-0.25, -0.2) is 23.4 Å². The number of nitrogens with two attached hydrogens (primary N) is 1. The Labute approximate surface area is 224 Å². The number of nitrogens with zero attached hydrogens (tertiary/aromatic N) is 5. The van der Waals surface area contributed by atoms with Gasteiger partial charge in [-0.1, -0.05) is 6.92 Å². The minimum Gasteiger partial charge on any atom is -0.379 e. The van der Waals surface area contributed by atoms with Gasteiger partial charge in [0.05, 0.1) is 23.0 Å². The normalized spacial score (nSPS) is 21.4. The number of rotatable bonds is 8. The predicted octanol–water partition coefficient (Wildman–Crippen LogP) is 2.15. The van der Waals surface area contributed by atoms with E-state index in [1.54, 1.807) is 38.5 Å². The molecule has 0 saturated heterocycles. The van der Waals surface area contributed by atoms with Gasteiger partial charge in [0, 0.05) is 44.9 Å². The largest absolute Gasteiger partial charge is 0.379 e. The predicted molar refractivity (Wildman–Crippen MR) is 142 cm³/mol. The summed E-state index contributed by atoms with van der Waals surface area (Å²) in [6, 6.07) is 0.718. The molecule has 12 nitrogen and oxygen atoms in total. The molecule has 0 aliphatic heterocycles. The molecular weight excluding hydrogens is 510 g/mol. The van der Waals surface area contributed by atoms with Gasteiger partial charge in [-0.3, -0.25) is 15.2 Å². The number of aryl methyl sites for hydroxylation is 2. The molecule has 1 unspecified atom stereocenters. The lowest BCUT2D eigenvalue weighted by Gasteiger charge is -2.47. The SMILES string of the molecule is CO[C@H]1CCC[C@@H](OC)C1N(C(=O)c1cncc(C)c1)N(C(=N)N)S(=O)(=O)[C@@H](C)[C@H](C)c1ncc(C)cn1. The van der Waals surface area contributed by atoms with Crippen LogP contribution in [-0.4, -0.2) is 82.4 Å². The second kappa shape index (κ2) is 12.1. The van der Waals surface area contributed by atoms with Gasteiger partial charge in [-0.05, 0) is 57.2 Å². The van der Waals surface area contributed by atoms with Crippen molar-refractivity contribution in [1.29, 1.82) is 5.41 Å². The van der Waals surface area contributed by atoms with Crippen molar-refractivity contribution in [3.8, 4) is 0 Å². The summed E-state index contributed by atoms with van der Waals surface area (Å²) in [5.74, 6) is -1.89. The molecule has 38 heavy (non-hydrogen) atoms. The molecule has 0 radical (unpaired) electrons. The Morgan fingerprint density at radius 2 is 1.63 bits per heavy atom. The van der Waals surface area contributed by atoms with E-state index in [2.05, 4.69) is 15.0 Å². The van der Waals surface area contributed by atoms with Crippen molar-refractivity contribution >= 4 is 21.9 Å². The zero-order valence-electron chi connectivity index (χ0n) is 22.7. The number of hydrazine groups is 1. The average molecular weight is 548 g/mol. The number of hydrogen-bond acceptors (Lipinski definition) is 9. The second-order valence-corrected chi connectivity index (χ2v) is 11.8. The molecule has 208 valence electrons. The Morgan fingerprint density at radius 1 is 1.05 bits per heavy atom. The fraction of sp³-hybridized carbons (Fsp3) is 0.560. The van der Waals surface area contributed by atoms with Crippen molar-refractivity contribution in [3.05, 3.63) is 53.4 Å². The summed E-state index contributed by atoms with van der Waals surface area (Å²) in [6.07, 6.45) is 6.89. The van der Waals surface area contributed by atoms with Crippen LogP contribution >= 0.6 is 0 Å². The molecule has 3 rings (SSSR count). The van der Waals surface area contributed by atoms with Crippen LogP contribution in [-0.2, 0) is 19.5 Å². The van der Waals surface area contributed by atoms with Crippen molar-refractivity contribution in [3.63, 3.8) is 0 Å². The monoisotopic (exact) mass is 547 g/mol. The highest BCUT2D eigenvalue weighted by Crippen LogP contribution is 2.33. The van der Waals surface area contributed by atoms with Gasteiger partial charge in [0.2, 0.25) is 5.96 Å². The summed E-state index contributed by atoms with van der Waals surface area (Å²) in [5.41, 5.74) is 7.64. The number of guanidine groups is 1. The number of nitrogens with one attached hydrogen (secondary N) is 1. The Kier molecular flexibility index (Phi) is 9.39. The number of methoxy groups -OCH3 is 2. The molecule has 3 N–H and O–H groups in total. The van der Waals surface area contributed by atoms with Crippen LogP contribution in [0.1, 0.15) is 66.3 Å². The number of carbonyl (C=O) groups excluding carboxylic acids is 1. The van der Waals surface area contributed by atoms with E-state index >= 15 is 0 Å². The zero-order chi connectivity index (χ0) is 28.2. The third kappa shape index (κ3) is 5.94. The second-order valence-electron chi connectivity index (χ2n) is 9.66. The van der Waals surface area contributed by atoms with Crippen molar-refractivity contribution in [2.75, 3.05) is 14.2 Å². The summed E-state index contributed by atoms with van der Waals surface area (Å²) >= 11 is 0. The van der Waals surface area contributed by atoms with Crippen molar-refractivity contribution < 1.29 is 22.7 Å². The van der Waals surface area contributed by atoms with E-state index < -0.39 is 51.3 Å². The first-order chi connectivity index (χ1) is 17.9. The van der Waals surface area contributed by atoms with Gasteiger partial charge >= 0.3 is 0 Å². The molecule has 5 atom stereocenters. The van der Waals surface area contributed by atoms with Crippen LogP contribution in [0.5, 0.6) is 0 Å². The molecule has 1 saturated carbocycles. The molecule has 1 fully saturated rings. The van der Waals surface area contributed by atoms with Gasteiger partial charge in [-0.2, -0.15) is 0 Å². The molecule has 2 aromatic heterocycles. The van der Waals surface area contributed by atoms with Crippen LogP contribution in [0.25, 0.3) is 0 Å². The highest BCUT2D eigenvalue weighted by molar-refractivity contribution is 7.90. The molecule has 0 bridgehead atoms. The van der Waals surface area contributed by atoms with E-state index in [1.807, 2.05) is 6.92 Å². The lowest BCUT2D eigenvalue weighted by molar-refractivity contribution is -0.102. The Balaban J connectivity index is 2.17. The number of sulfonamides is 1. The van der Waals surface area contributed by atoms with Crippen LogP contribution in [0.4, 0.5) is 0 Å². The summed E-state index contributed by atoms with van der Waals surface area (Å²) in [6.45, 7) is 6.77. The molecule has 0 aromatic carbocycles. The van der Waals surface area contributed by atoms with E-state index in [9.17, 15) is 13.2 Å². The number of pyridine rings is 1. The smallest absolute Gasteiger partial charge is 0.275 e. The fourth-order valence-corrected chi connectivity index (χ4v) is 6.37. The Morgan fingerprint density at radius 3 is 2.13 bits per heavy atom. The van der Waals surface area contributed by atoms with Crippen LogP contribution in [0.3, 0.4) is 0 Å². The maximum atomic E-state index is 14.2. The van der Waals surface area contributed by atoms with Crippen molar-refractivity contribution in [1.82, 2.24) is 24.4 Å². The molecule has 13 heteroatoms. The first-order valence-corrected chi connectivity index (χ1v) is 13.9. The maximum absolute atomic E-state index is 14.2. The number of amides is 1. The maximum Gasteiger partial charge on any atom is 0.275 e. The quantitative estimate of drug-likeness (QED) is 0.286. The number of aromatic nitrogens is 3. The van der Waals surface area contributed by atoms with Crippen molar-refractivity contribution in [2.24, 2.45) is 5.73 Å². The average Bonchev–Trinajstić information content (AvgIpc) is 2.90. The molecule has 0 spiro atoms. The van der Waals surface area contributed by atoms with Crippen molar-refractivity contribution in [2.45, 2.75) is 76.4 Å². The first kappa shape index (κ1) is 29.4. The molecular formula is C25H37N7O5S. The topological polar surface area (TPSA) is 165 Å². The molecule has 1 aliphatic rings. The Bertz CT molecular complexity index is 1230. The van der Waals surface area contributed by atoms with E-state index in [4.69, 9.17) is 20.6 Å². The number of ether oxygens (including phenoxy) is 2. The lowest BCUT2D eigenvalue weighted by Crippen LogP contribution is -2.66. The van der Waals surface area contributed by atoms with Crippen LogP contribution in [0, 0.1) is 19.3 Å². The van der Waals surface area contributed by atoms with E-state index in [1.165, 1.54) is 27.3 Å². The third-order valence-corrected chi connectivity index (χ3v) is 9.18. The minimum absolute atomic E-state index is 0.143. The summed E-state index contributed by atoms with van der Waals surface area (Å²) in [5, 5.41) is 8.23. The van der Waals surface area contributed by atoms with E-state index in [0.717, 1.165) is 17.0 Å². The first-order valence-electron chi connectivity index (χ1n) is 12.4. The molecule has 1 amide bonds. The van der Waals surface area contributed by atoms with Gasteiger partial charge in [0.15, 0.2) is 0 Å². The summed E-state index contributed by atoms with van der Waals surface area (Å²) < 4.78 is 40.4. The highest BCUT2D eigenvalue weighted by Gasteiger charge is 2.49. The van der Waals surface area contributed by atoms with Gasteiger partial charge in [-0.15, -0.1) is 4.41 Å². The molecule has 2 aromatic rings. The van der Waals surface area contributed by atoms with E-state index in [-0.39, 0.29) is 5.56 Å². The highest BCUT2D eigenvalue weighted by atomic mass is 32.2. The van der Waals surface area contributed by atoms with Crippen LogP contribution < -0.4 is 5.73 Å². The summed E-state index contributed by atoms with van der Waals surface area (Å²) in [7, 11) is -1.46. The zero-order valence-corrected chi connectivity index (χ0v) is 23.5. The van der Waals surface area contributed by atoms with Crippen LogP contribution in [0.2, 0.25) is 0 Å². The third-order valence-electron chi connectivity index (χ3n) is 6.98. The standard InChI is InChI=1S/C25H37N7O5S/c1-15-10-19(14-28-11-15)24(33)31(22-20(36-5)8-7-9-21(22)37-6)32(25(26)27)38(34,35)18(4)17(3)23-29-12-16(2)13-30-23/h10-14,17-18,20-22H,7-9H2,1-6H3,(H3,26,27)/t17-,18-,20-,21+,22?/m0/s1. The minimum atomic E-state index is -4.46. The fourth-order valence-electron chi connectivity index (χ4n) is 4.71. The Hall–Kier alpha value is -3.16. The lowest BCUT2D eigenvalue weighted by atomic mass is 9.88. The molecule has 2 heterocycles. The molecule has 1 aliphatic carbocycles. The number of hydrogen-bond donors (Lipinski definition) is 2. The van der Waals surface area contributed by atoms with Gasteiger partial charge in [0.1, 0.15) is 11.9 Å². The van der Waals surface area contributed by atoms with Crippen LogP contribution in [0.15, 0.2) is 30.9 Å².